The molecule has 1 aliphatic carbocycles. The Morgan fingerprint density at radius 3 is 2.40 bits per heavy atom. The second kappa shape index (κ2) is 4.00. The molecular formula is C11H21NO3. The van der Waals surface area contributed by atoms with E-state index in [0.717, 1.165) is 12.8 Å². The van der Waals surface area contributed by atoms with Gasteiger partial charge in [-0.15, -0.1) is 0 Å². The first-order valence-corrected chi connectivity index (χ1v) is 5.38. The highest BCUT2D eigenvalue weighted by Gasteiger charge is 2.43. The fourth-order valence-electron chi connectivity index (χ4n) is 2.07. The van der Waals surface area contributed by atoms with Crippen LogP contribution in [0.25, 0.3) is 0 Å². The summed E-state index contributed by atoms with van der Waals surface area (Å²) >= 11 is 0. The summed E-state index contributed by atoms with van der Waals surface area (Å²) in [4.78, 5) is 11.5. The molecule has 1 aliphatic rings. The Kier molecular flexibility index (Phi) is 3.28. The van der Waals surface area contributed by atoms with E-state index in [1.165, 1.54) is 0 Å². The van der Waals surface area contributed by atoms with Crippen LogP contribution in [0.4, 0.5) is 4.79 Å². The van der Waals surface area contributed by atoms with Crippen molar-refractivity contribution in [3.05, 3.63) is 0 Å². The lowest BCUT2D eigenvalue weighted by Gasteiger charge is -2.45. The van der Waals surface area contributed by atoms with Crippen LogP contribution < -0.4 is 5.32 Å². The molecule has 0 heterocycles. The van der Waals surface area contributed by atoms with Gasteiger partial charge >= 0.3 is 6.09 Å². The molecule has 0 bridgehead atoms. The average Bonchev–Trinajstić information content (AvgIpc) is 1.97. The van der Waals surface area contributed by atoms with Gasteiger partial charge in [-0.05, 0) is 39.5 Å². The Morgan fingerprint density at radius 2 is 2.07 bits per heavy atom. The van der Waals surface area contributed by atoms with Crippen molar-refractivity contribution in [3.8, 4) is 0 Å². The zero-order valence-corrected chi connectivity index (χ0v) is 9.96. The summed E-state index contributed by atoms with van der Waals surface area (Å²) in [7, 11) is 0. The highest BCUT2D eigenvalue weighted by molar-refractivity contribution is 5.69. The van der Waals surface area contributed by atoms with Crippen LogP contribution in [0.3, 0.4) is 0 Å². The molecule has 0 saturated heterocycles. The van der Waals surface area contributed by atoms with E-state index in [1.807, 2.05) is 20.8 Å². The molecule has 1 saturated carbocycles. The molecule has 0 atom stereocenters. The molecule has 1 rings (SSSR count). The number of hydrogen-bond acceptors (Lipinski definition) is 3. The van der Waals surface area contributed by atoms with Gasteiger partial charge < -0.3 is 15.2 Å². The Hall–Kier alpha value is -0.770. The van der Waals surface area contributed by atoms with Gasteiger partial charge in [-0.25, -0.2) is 4.79 Å². The van der Waals surface area contributed by atoms with Crippen LogP contribution in [0.1, 0.15) is 40.5 Å². The van der Waals surface area contributed by atoms with Gasteiger partial charge in [0.25, 0.3) is 0 Å². The molecule has 0 aromatic carbocycles. The Labute approximate surface area is 91.0 Å². The number of nitrogens with one attached hydrogen (secondary N) is 1. The third-order valence-corrected chi connectivity index (χ3v) is 2.55. The summed E-state index contributed by atoms with van der Waals surface area (Å²) < 4.78 is 5.15. The lowest BCUT2D eigenvalue weighted by molar-refractivity contribution is 0.0123. The highest BCUT2D eigenvalue weighted by atomic mass is 16.6. The summed E-state index contributed by atoms with van der Waals surface area (Å²) in [5.41, 5.74) is -0.933. The number of rotatable bonds is 2. The monoisotopic (exact) mass is 215 g/mol. The number of hydrogen-bond donors (Lipinski definition) is 2. The topological polar surface area (TPSA) is 58.6 Å². The first kappa shape index (κ1) is 12.3. The minimum atomic E-state index is -0.490. The fourth-order valence-corrected chi connectivity index (χ4v) is 2.07. The van der Waals surface area contributed by atoms with Crippen molar-refractivity contribution in [2.24, 2.45) is 5.92 Å². The maximum absolute atomic E-state index is 11.5. The van der Waals surface area contributed by atoms with Gasteiger partial charge in [-0.3, -0.25) is 0 Å². The molecule has 1 amide bonds. The van der Waals surface area contributed by atoms with Crippen molar-refractivity contribution in [1.29, 1.82) is 0 Å². The van der Waals surface area contributed by atoms with Gasteiger partial charge in [0.05, 0.1) is 12.1 Å². The van der Waals surface area contributed by atoms with E-state index in [1.54, 1.807) is 0 Å². The molecule has 1 fully saturated rings. The van der Waals surface area contributed by atoms with Crippen molar-refractivity contribution in [1.82, 2.24) is 5.32 Å². The second-order valence-corrected chi connectivity index (χ2v) is 5.58. The summed E-state index contributed by atoms with van der Waals surface area (Å²) in [6.45, 7) is 7.55. The minimum absolute atomic E-state index is 0.0173. The van der Waals surface area contributed by atoms with Crippen molar-refractivity contribution >= 4 is 6.09 Å². The number of aliphatic hydroxyl groups excluding tert-OH is 1. The van der Waals surface area contributed by atoms with Gasteiger partial charge in [0, 0.05) is 0 Å². The largest absolute Gasteiger partial charge is 0.444 e. The van der Waals surface area contributed by atoms with Gasteiger partial charge in [-0.2, -0.15) is 0 Å². The summed E-state index contributed by atoms with van der Waals surface area (Å²) in [5.74, 6) is 0.562. The molecule has 15 heavy (non-hydrogen) atoms. The molecule has 2 N–H and O–H groups in total. The standard InChI is InChI=1S/C11H21NO3/c1-8-5-11(6-8,7-13)12-9(14)15-10(2,3)4/h8,13H,5-7H2,1-4H3,(H,12,14). The summed E-state index contributed by atoms with van der Waals surface area (Å²) in [5, 5.41) is 12.0. The molecule has 0 unspecified atom stereocenters. The predicted molar refractivity (Wildman–Crippen MR) is 57.6 cm³/mol. The van der Waals surface area contributed by atoms with Crippen LogP contribution in [-0.2, 0) is 4.74 Å². The molecular weight excluding hydrogens is 194 g/mol. The minimum Gasteiger partial charge on any atom is -0.444 e. The molecule has 0 spiro atoms. The predicted octanol–water partition coefficient (Wildman–Crippen LogP) is 1.67. The maximum atomic E-state index is 11.5. The van der Waals surface area contributed by atoms with Gasteiger partial charge in [0.2, 0.25) is 0 Å². The fraction of sp³-hybridized carbons (Fsp3) is 0.909. The molecule has 0 radical (unpaired) electrons. The van der Waals surface area contributed by atoms with E-state index >= 15 is 0 Å². The zero-order valence-electron chi connectivity index (χ0n) is 9.96. The zero-order chi connectivity index (χ0) is 11.7. The summed E-state index contributed by atoms with van der Waals surface area (Å²) in [6.07, 6.45) is 1.20. The Balaban J connectivity index is 2.44. The first-order chi connectivity index (χ1) is 6.76. The number of carbonyl (C=O) groups is 1. The smallest absolute Gasteiger partial charge is 0.408 e. The van der Waals surface area contributed by atoms with E-state index in [0.29, 0.717) is 5.92 Å². The van der Waals surface area contributed by atoms with E-state index in [-0.39, 0.29) is 6.61 Å². The number of aliphatic hydroxyl groups is 1. The van der Waals surface area contributed by atoms with Crippen molar-refractivity contribution in [3.63, 3.8) is 0 Å². The van der Waals surface area contributed by atoms with E-state index < -0.39 is 17.2 Å². The van der Waals surface area contributed by atoms with Crippen molar-refractivity contribution in [2.45, 2.75) is 51.7 Å². The second-order valence-electron chi connectivity index (χ2n) is 5.58. The third-order valence-electron chi connectivity index (χ3n) is 2.55. The van der Waals surface area contributed by atoms with Crippen LogP contribution >= 0.6 is 0 Å². The van der Waals surface area contributed by atoms with E-state index in [2.05, 4.69) is 12.2 Å². The van der Waals surface area contributed by atoms with Crippen LogP contribution in [0, 0.1) is 5.92 Å². The van der Waals surface area contributed by atoms with E-state index in [4.69, 9.17) is 4.74 Å². The molecule has 4 nitrogen and oxygen atoms in total. The van der Waals surface area contributed by atoms with Crippen LogP contribution in [0.5, 0.6) is 0 Å². The average molecular weight is 215 g/mol. The van der Waals surface area contributed by atoms with Gasteiger partial charge in [-0.1, -0.05) is 6.92 Å². The number of alkyl carbamates (subject to hydrolysis) is 1. The van der Waals surface area contributed by atoms with Crippen LogP contribution in [0.15, 0.2) is 0 Å². The Morgan fingerprint density at radius 1 is 1.53 bits per heavy atom. The first-order valence-electron chi connectivity index (χ1n) is 5.38. The maximum Gasteiger partial charge on any atom is 0.408 e. The van der Waals surface area contributed by atoms with Gasteiger partial charge in [0.15, 0.2) is 0 Å². The molecule has 0 aromatic rings. The Bertz CT molecular complexity index is 239. The quantitative estimate of drug-likeness (QED) is 0.736. The summed E-state index contributed by atoms with van der Waals surface area (Å²) in [6, 6.07) is 0. The lowest BCUT2D eigenvalue weighted by Crippen LogP contribution is -2.59. The molecule has 4 heteroatoms. The molecule has 0 aromatic heterocycles. The number of carbonyl (C=O) groups excluding carboxylic acids is 1. The number of amides is 1. The van der Waals surface area contributed by atoms with Crippen LogP contribution in [-0.4, -0.2) is 28.9 Å². The van der Waals surface area contributed by atoms with Crippen LogP contribution in [0.2, 0.25) is 0 Å². The lowest BCUT2D eigenvalue weighted by atomic mass is 9.70. The normalized spacial score (nSPS) is 30.6. The van der Waals surface area contributed by atoms with Crippen molar-refractivity contribution in [2.75, 3.05) is 6.61 Å². The number of ether oxygens (including phenoxy) is 1. The third kappa shape index (κ3) is 3.38. The van der Waals surface area contributed by atoms with E-state index in [9.17, 15) is 9.90 Å². The molecule has 0 aliphatic heterocycles. The van der Waals surface area contributed by atoms with Crippen molar-refractivity contribution < 1.29 is 14.6 Å². The SMILES string of the molecule is CC1CC(CO)(NC(=O)OC(C)(C)C)C1. The highest BCUT2D eigenvalue weighted by Crippen LogP contribution is 2.37. The molecule has 88 valence electrons. The van der Waals surface area contributed by atoms with Gasteiger partial charge in [0.1, 0.15) is 5.60 Å².